The second-order valence-corrected chi connectivity index (χ2v) is 8.32. The van der Waals surface area contributed by atoms with Crippen molar-refractivity contribution in [1.29, 1.82) is 5.26 Å². The molecule has 4 aromatic rings. The molecular weight excluding hydrogens is 406 g/mol. The fourth-order valence-corrected chi connectivity index (χ4v) is 4.42. The quantitative estimate of drug-likeness (QED) is 0.322. The lowest BCUT2D eigenvalue weighted by molar-refractivity contribution is 0.411. The van der Waals surface area contributed by atoms with E-state index < -0.39 is 5.25 Å². The van der Waals surface area contributed by atoms with Gasteiger partial charge in [-0.1, -0.05) is 65.9 Å². The number of rotatable bonds is 6. The molecule has 0 aliphatic rings. The number of ether oxygens (including phenoxy) is 1. The van der Waals surface area contributed by atoms with E-state index in [-0.39, 0.29) is 5.56 Å². The van der Waals surface area contributed by atoms with Crippen LogP contribution in [-0.2, 0) is 6.42 Å². The van der Waals surface area contributed by atoms with Crippen molar-refractivity contribution in [3.8, 4) is 17.5 Å². The lowest BCUT2D eigenvalue weighted by Gasteiger charge is -2.17. The van der Waals surface area contributed by atoms with Crippen LogP contribution in [0.2, 0.25) is 0 Å². The molecular formula is C25H21N3O2S. The summed E-state index contributed by atoms with van der Waals surface area (Å²) in [6.45, 7) is 2.03. The van der Waals surface area contributed by atoms with Gasteiger partial charge in [0.2, 0.25) is 0 Å². The van der Waals surface area contributed by atoms with Gasteiger partial charge < -0.3 is 4.74 Å². The maximum Gasteiger partial charge on any atom is 0.266 e. The molecule has 1 atom stereocenters. The van der Waals surface area contributed by atoms with Gasteiger partial charge in [0.05, 0.1) is 29.8 Å². The predicted octanol–water partition coefficient (Wildman–Crippen LogP) is 4.93. The average Bonchev–Trinajstić information content (AvgIpc) is 2.80. The fraction of sp³-hybridized carbons (Fsp3) is 0.160. The van der Waals surface area contributed by atoms with Gasteiger partial charge in [-0.25, -0.2) is 4.98 Å². The van der Waals surface area contributed by atoms with E-state index in [0.29, 0.717) is 33.9 Å². The third-order valence-electron chi connectivity index (χ3n) is 5.00. The van der Waals surface area contributed by atoms with Gasteiger partial charge in [0.25, 0.3) is 5.56 Å². The molecule has 31 heavy (non-hydrogen) atoms. The molecule has 5 nitrogen and oxygen atoms in total. The van der Waals surface area contributed by atoms with Crippen LogP contribution in [0.5, 0.6) is 5.75 Å². The van der Waals surface area contributed by atoms with Gasteiger partial charge in [0.1, 0.15) is 11.0 Å². The maximum absolute atomic E-state index is 13.5. The SMILES string of the molecule is COc1ccccc1-n1c(SC(C#N)Cc2ccc(C)cc2)nc2ccccc2c1=O. The number of nitriles is 1. The first-order valence-corrected chi connectivity index (χ1v) is 10.8. The smallest absolute Gasteiger partial charge is 0.266 e. The molecule has 6 heteroatoms. The number of benzene rings is 3. The lowest BCUT2D eigenvalue weighted by Crippen LogP contribution is -2.23. The number of hydrogen-bond donors (Lipinski definition) is 0. The summed E-state index contributed by atoms with van der Waals surface area (Å²) in [5, 5.41) is 10.4. The van der Waals surface area contributed by atoms with E-state index in [0.717, 1.165) is 5.56 Å². The maximum atomic E-state index is 13.5. The van der Waals surface area contributed by atoms with Crippen molar-refractivity contribution in [3.05, 3.63) is 94.3 Å². The number of nitrogens with zero attached hydrogens (tertiary/aromatic N) is 3. The van der Waals surface area contributed by atoms with Crippen LogP contribution in [0.25, 0.3) is 16.6 Å². The van der Waals surface area contributed by atoms with Crippen LogP contribution in [-0.4, -0.2) is 21.9 Å². The molecule has 0 spiro atoms. The van der Waals surface area contributed by atoms with Crippen LogP contribution < -0.4 is 10.3 Å². The largest absolute Gasteiger partial charge is 0.495 e. The molecule has 4 rings (SSSR count). The van der Waals surface area contributed by atoms with Gasteiger partial charge in [-0.2, -0.15) is 5.26 Å². The molecule has 154 valence electrons. The topological polar surface area (TPSA) is 67.9 Å². The summed E-state index contributed by atoms with van der Waals surface area (Å²) in [6, 6.07) is 25.1. The highest BCUT2D eigenvalue weighted by Gasteiger charge is 2.20. The van der Waals surface area contributed by atoms with Crippen molar-refractivity contribution in [2.24, 2.45) is 0 Å². The van der Waals surface area contributed by atoms with E-state index in [1.807, 2.05) is 67.6 Å². The zero-order valence-electron chi connectivity index (χ0n) is 17.3. The van der Waals surface area contributed by atoms with Crippen molar-refractivity contribution in [2.45, 2.75) is 23.8 Å². The molecule has 0 saturated carbocycles. The molecule has 0 N–H and O–H groups in total. The number of hydrogen-bond acceptors (Lipinski definition) is 5. The summed E-state index contributed by atoms with van der Waals surface area (Å²) < 4.78 is 7.05. The Morgan fingerprint density at radius 3 is 2.52 bits per heavy atom. The summed E-state index contributed by atoms with van der Waals surface area (Å²) in [4.78, 5) is 18.2. The monoisotopic (exact) mass is 427 g/mol. The Kier molecular flexibility index (Phi) is 6.06. The molecule has 3 aromatic carbocycles. The Labute approximate surface area is 184 Å². The first kappa shape index (κ1) is 20.7. The van der Waals surface area contributed by atoms with Crippen molar-refractivity contribution < 1.29 is 4.74 Å². The highest BCUT2D eigenvalue weighted by Crippen LogP contribution is 2.30. The van der Waals surface area contributed by atoms with Gasteiger partial charge in [0, 0.05) is 0 Å². The minimum atomic E-state index is -0.406. The minimum absolute atomic E-state index is 0.190. The van der Waals surface area contributed by atoms with Crippen molar-refractivity contribution in [2.75, 3.05) is 7.11 Å². The second kappa shape index (κ2) is 9.07. The molecule has 0 fully saturated rings. The summed E-state index contributed by atoms with van der Waals surface area (Å²) in [7, 11) is 1.57. The van der Waals surface area contributed by atoms with Crippen LogP contribution >= 0.6 is 11.8 Å². The van der Waals surface area contributed by atoms with Crippen LogP contribution in [0.4, 0.5) is 0 Å². The van der Waals surface area contributed by atoms with Crippen LogP contribution in [0.1, 0.15) is 11.1 Å². The first-order valence-electron chi connectivity index (χ1n) is 9.87. The van der Waals surface area contributed by atoms with Crippen molar-refractivity contribution in [3.63, 3.8) is 0 Å². The third-order valence-corrected chi connectivity index (χ3v) is 6.05. The number of aryl methyl sites for hydroxylation is 1. The van der Waals surface area contributed by atoms with Crippen LogP contribution in [0.3, 0.4) is 0 Å². The van der Waals surface area contributed by atoms with E-state index >= 15 is 0 Å². The number of para-hydroxylation sites is 3. The molecule has 1 unspecified atom stereocenters. The zero-order chi connectivity index (χ0) is 21.8. The normalized spacial score (nSPS) is 11.8. The van der Waals surface area contributed by atoms with Crippen LogP contribution in [0.15, 0.2) is 82.7 Å². The van der Waals surface area contributed by atoms with Gasteiger partial charge in [-0.3, -0.25) is 9.36 Å². The highest BCUT2D eigenvalue weighted by atomic mass is 32.2. The highest BCUT2D eigenvalue weighted by molar-refractivity contribution is 8.00. The predicted molar refractivity (Wildman–Crippen MR) is 124 cm³/mol. The lowest BCUT2D eigenvalue weighted by atomic mass is 10.1. The fourth-order valence-electron chi connectivity index (χ4n) is 3.40. The molecule has 1 heterocycles. The Bertz CT molecular complexity index is 1320. The minimum Gasteiger partial charge on any atom is -0.495 e. The Morgan fingerprint density at radius 1 is 1.06 bits per heavy atom. The van der Waals surface area contributed by atoms with Gasteiger partial charge >= 0.3 is 0 Å². The summed E-state index contributed by atoms with van der Waals surface area (Å²) in [5.74, 6) is 0.565. The van der Waals surface area contributed by atoms with E-state index in [1.54, 1.807) is 23.8 Å². The van der Waals surface area contributed by atoms with E-state index in [9.17, 15) is 10.1 Å². The van der Waals surface area contributed by atoms with E-state index in [1.165, 1.54) is 17.3 Å². The Balaban J connectivity index is 1.83. The number of methoxy groups -OCH3 is 1. The number of aromatic nitrogens is 2. The van der Waals surface area contributed by atoms with Gasteiger partial charge in [0.15, 0.2) is 5.16 Å². The Hall–Kier alpha value is -3.56. The molecule has 0 aliphatic carbocycles. The van der Waals surface area contributed by atoms with Crippen molar-refractivity contribution >= 4 is 22.7 Å². The van der Waals surface area contributed by atoms with Gasteiger partial charge in [-0.15, -0.1) is 0 Å². The molecule has 1 aromatic heterocycles. The van der Waals surface area contributed by atoms with Gasteiger partial charge in [-0.05, 0) is 43.2 Å². The molecule has 0 saturated heterocycles. The summed E-state index contributed by atoms with van der Waals surface area (Å²) in [5.41, 5.74) is 3.25. The molecule has 0 amide bonds. The molecule has 0 aliphatic heterocycles. The number of fused-ring (bicyclic) bond motifs is 1. The van der Waals surface area contributed by atoms with E-state index in [4.69, 9.17) is 9.72 Å². The molecule has 0 bridgehead atoms. The standard InChI is InChI=1S/C25H21N3O2S/c1-17-11-13-18(14-12-17)15-19(16-26)31-25-27-21-8-4-3-7-20(21)24(29)28(25)22-9-5-6-10-23(22)30-2/h3-14,19H,15H2,1-2H3. The van der Waals surface area contributed by atoms with Crippen LogP contribution in [0, 0.1) is 18.3 Å². The van der Waals surface area contributed by atoms with E-state index in [2.05, 4.69) is 6.07 Å². The number of thioether (sulfide) groups is 1. The molecule has 0 radical (unpaired) electrons. The summed E-state index contributed by atoms with van der Waals surface area (Å²) >= 11 is 1.29. The Morgan fingerprint density at radius 2 is 1.77 bits per heavy atom. The zero-order valence-corrected chi connectivity index (χ0v) is 18.1. The second-order valence-electron chi connectivity index (χ2n) is 7.15. The first-order chi connectivity index (χ1) is 15.1. The third kappa shape index (κ3) is 4.32. The van der Waals surface area contributed by atoms with Crippen molar-refractivity contribution in [1.82, 2.24) is 9.55 Å². The summed E-state index contributed by atoms with van der Waals surface area (Å²) in [6.07, 6.45) is 0.552. The average molecular weight is 428 g/mol.